The summed E-state index contributed by atoms with van der Waals surface area (Å²) in [4.78, 5) is 4.23. The fourth-order valence-corrected chi connectivity index (χ4v) is 2.28. The molecule has 0 saturated heterocycles. The standard InChI is InChI=1S/C17H21ClN2O2/c1-3-9-22-17-14(18)10-13(11-15(17)21-4-2)12-20-16-7-5-6-8-19-16/h5-8,10-11H,3-4,9,12H2,1-2H3,(H,19,20). The maximum atomic E-state index is 6.34. The van der Waals surface area contributed by atoms with Crippen molar-refractivity contribution in [3.05, 3.63) is 47.1 Å². The highest BCUT2D eigenvalue weighted by molar-refractivity contribution is 6.32. The number of rotatable bonds is 8. The minimum Gasteiger partial charge on any atom is -0.490 e. The molecule has 0 aliphatic heterocycles. The number of nitrogens with zero attached hydrogens (tertiary/aromatic N) is 1. The Morgan fingerprint density at radius 3 is 2.73 bits per heavy atom. The van der Waals surface area contributed by atoms with E-state index in [0.717, 1.165) is 17.8 Å². The highest BCUT2D eigenvalue weighted by Gasteiger charge is 2.12. The van der Waals surface area contributed by atoms with Crippen LogP contribution in [-0.2, 0) is 6.54 Å². The van der Waals surface area contributed by atoms with E-state index in [2.05, 4.69) is 17.2 Å². The predicted molar refractivity (Wildman–Crippen MR) is 90.0 cm³/mol. The van der Waals surface area contributed by atoms with Gasteiger partial charge < -0.3 is 14.8 Å². The number of ether oxygens (including phenoxy) is 2. The third-order valence-electron chi connectivity index (χ3n) is 2.96. The highest BCUT2D eigenvalue weighted by Crippen LogP contribution is 2.37. The molecule has 0 fully saturated rings. The van der Waals surface area contributed by atoms with Crippen LogP contribution in [0.1, 0.15) is 25.8 Å². The maximum absolute atomic E-state index is 6.34. The molecule has 22 heavy (non-hydrogen) atoms. The Kier molecular flexibility index (Phi) is 6.34. The molecule has 0 radical (unpaired) electrons. The van der Waals surface area contributed by atoms with Crippen LogP contribution >= 0.6 is 11.6 Å². The summed E-state index contributed by atoms with van der Waals surface area (Å²) in [5, 5.41) is 3.82. The summed E-state index contributed by atoms with van der Waals surface area (Å²) in [5.41, 5.74) is 1.02. The van der Waals surface area contributed by atoms with Crippen molar-refractivity contribution in [2.24, 2.45) is 0 Å². The number of hydrogen-bond donors (Lipinski definition) is 1. The third-order valence-corrected chi connectivity index (χ3v) is 3.24. The van der Waals surface area contributed by atoms with Crippen molar-refractivity contribution in [2.75, 3.05) is 18.5 Å². The van der Waals surface area contributed by atoms with Gasteiger partial charge >= 0.3 is 0 Å². The van der Waals surface area contributed by atoms with Gasteiger partial charge in [-0.05, 0) is 43.2 Å². The number of benzene rings is 1. The van der Waals surface area contributed by atoms with Crippen LogP contribution in [-0.4, -0.2) is 18.2 Å². The molecule has 0 unspecified atom stereocenters. The second kappa shape index (κ2) is 8.49. The molecule has 0 aliphatic rings. The molecule has 5 heteroatoms. The first-order valence-electron chi connectivity index (χ1n) is 7.47. The van der Waals surface area contributed by atoms with Crippen LogP contribution in [0.2, 0.25) is 5.02 Å². The van der Waals surface area contributed by atoms with Crippen molar-refractivity contribution in [1.82, 2.24) is 4.98 Å². The number of anilines is 1. The largest absolute Gasteiger partial charge is 0.490 e. The van der Waals surface area contributed by atoms with Gasteiger partial charge in [-0.2, -0.15) is 0 Å². The molecule has 0 bridgehead atoms. The Hall–Kier alpha value is -1.94. The summed E-state index contributed by atoms with van der Waals surface area (Å²) in [6, 6.07) is 9.59. The second-order valence-corrected chi connectivity index (χ2v) is 5.16. The van der Waals surface area contributed by atoms with Gasteiger partial charge in [0.05, 0.1) is 18.2 Å². The molecule has 0 spiro atoms. The van der Waals surface area contributed by atoms with Crippen LogP contribution in [0.25, 0.3) is 0 Å². The SMILES string of the molecule is CCCOc1c(Cl)cc(CNc2ccccn2)cc1OCC. The molecule has 4 nitrogen and oxygen atoms in total. The molecular weight excluding hydrogens is 300 g/mol. The number of aromatic nitrogens is 1. The van der Waals surface area contributed by atoms with Crippen molar-refractivity contribution >= 4 is 17.4 Å². The van der Waals surface area contributed by atoms with Gasteiger partial charge in [0, 0.05) is 12.7 Å². The third kappa shape index (κ3) is 4.53. The summed E-state index contributed by atoms with van der Waals surface area (Å²) < 4.78 is 11.4. The fraction of sp³-hybridized carbons (Fsp3) is 0.353. The van der Waals surface area contributed by atoms with E-state index >= 15 is 0 Å². The molecule has 1 aromatic carbocycles. The van der Waals surface area contributed by atoms with E-state index in [-0.39, 0.29) is 0 Å². The summed E-state index contributed by atoms with van der Waals surface area (Å²) in [6.45, 7) is 5.79. The highest BCUT2D eigenvalue weighted by atomic mass is 35.5. The molecule has 2 aromatic rings. The van der Waals surface area contributed by atoms with Crippen LogP contribution in [0.15, 0.2) is 36.5 Å². The van der Waals surface area contributed by atoms with Crippen molar-refractivity contribution in [3.63, 3.8) is 0 Å². The van der Waals surface area contributed by atoms with E-state index in [1.54, 1.807) is 6.20 Å². The lowest BCUT2D eigenvalue weighted by molar-refractivity contribution is 0.277. The zero-order chi connectivity index (χ0) is 15.8. The first-order chi connectivity index (χ1) is 10.7. The molecule has 118 valence electrons. The lowest BCUT2D eigenvalue weighted by Gasteiger charge is -2.15. The van der Waals surface area contributed by atoms with Gasteiger partial charge in [-0.1, -0.05) is 24.6 Å². The Bertz CT molecular complexity index is 591. The molecule has 0 saturated carbocycles. The van der Waals surface area contributed by atoms with E-state index in [1.807, 2.05) is 37.3 Å². The molecule has 1 heterocycles. The molecule has 1 N–H and O–H groups in total. The molecule has 1 aromatic heterocycles. The Morgan fingerprint density at radius 2 is 2.05 bits per heavy atom. The van der Waals surface area contributed by atoms with E-state index < -0.39 is 0 Å². The Morgan fingerprint density at radius 1 is 1.18 bits per heavy atom. The van der Waals surface area contributed by atoms with Gasteiger partial charge in [0.1, 0.15) is 5.82 Å². The normalized spacial score (nSPS) is 10.3. The summed E-state index contributed by atoms with van der Waals surface area (Å²) in [5.74, 6) is 2.12. The topological polar surface area (TPSA) is 43.4 Å². The molecule has 2 rings (SSSR count). The first kappa shape index (κ1) is 16.4. The summed E-state index contributed by atoms with van der Waals surface area (Å²) >= 11 is 6.34. The van der Waals surface area contributed by atoms with Gasteiger partial charge in [0.15, 0.2) is 11.5 Å². The number of pyridine rings is 1. The summed E-state index contributed by atoms with van der Waals surface area (Å²) in [6.07, 6.45) is 2.67. The Labute approximate surface area is 136 Å². The van der Waals surface area contributed by atoms with Crippen molar-refractivity contribution in [2.45, 2.75) is 26.8 Å². The van der Waals surface area contributed by atoms with Crippen molar-refractivity contribution < 1.29 is 9.47 Å². The quantitative estimate of drug-likeness (QED) is 0.775. The number of hydrogen-bond acceptors (Lipinski definition) is 4. The lowest BCUT2D eigenvalue weighted by atomic mass is 10.2. The monoisotopic (exact) mass is 320 g/mol. The van der Waals surface area contributed by atoms with Crippen molar-refractivity contribution in [3.8, 4) is 11.5 Å². The molecule has 0 aliphatic carbocycles. The van der Waals surface area contributed by atoms with Crippen LogP contribution in [0.4, 0.5) is 5.82 Å². The number of nitrogens with one attached hydrogen (secondary N) is 1. The minimum atomic E-state index is 0.565. The summed E-state index contributed by atoms with van der Waals surface area (Å²) in [7, 11) is 0. The molecular formula is C17H21ClN2O2. The average molecular weight is 321 g/mol. The molecule has 0 atom stereocenters. The maximum Gasteiger partial charge on any atom is 0.179 e. The zero-order valence-electron chi connectivity index (χ0n) is 12.9. The van der Waals surface area contributed by atoms with Crippen LogP contribution in [0, 0.1) is 0 Å². The average Bonchev–Trinajstić information content (AvgIpc) is 2.53. The van der Waals surface area contributed by atoms with E-state index in [0.29, 0.717) is 36.3 Å². The van der Waals surface area contributed by atoms with E-state index in [9.17, 15) is 0 Å². The van der Waals surface area contributed by atoms with Gasteiger partial charge in [-0.25, -0.2) is 4.98 Å². The predicted octanol–water partition coefficient (Wildman–Crippen LogP) is 4.53. The van der Waals surface area contributed by atoms with Crippen LogP contribution < -0.4 is 14.8 Å². The number of halogens is 1. The lowest BCUT2D eigenvalue weighted by Crippen LogP contribution is -2.04. The zero-order valence-corrected chi connectivity index (χ0v) is 13.7. The minimum absolute atomic E-state index is 0.565. The first-order valence-corrected chi connectivity index (χ1v) is 7.85. The van der Waals surface area contributed by atoms with Crippen LogP contribution in [0.3, 0.4) is 0 Å². The van der Waals surface area contributed by atoms with Crippen LogP contribution in [0.5, 0.6) is 11.5 Å². The van der Waals surface area contributed by atoms with E-state index in [1.165, 1.54) is 0 Å². The van der Waals surface area contributed by atoms with Gasteiger partial charge in [-0.3, -0.25) is 0 Å². The van der Waals surface area contributed by atoms with Gasteiger partial charge in [0.25, 0.3) is 0 Å². The smallest absolute Gasteiger partial charge is 0.179 e. The van der Waals surface area contributed by atoms with Gasteiger partial charge in [0.2, 0.25) is 0 Å². The second-order valence-electron chi connectivity index (χ2n) is 4.75. The fourth-order valence-electron chi connectivity index (χ4n) is 1.99. The molecule has 0 amide bonds. The van der Waals surface area contributed by atoms with E-state index in [4.69, 9.17) is 21.1 Å². The Balaban J connectivity index is 2.14. The van der Waals surface area contributed by atoms with Gasteiger partial charge in [-0.15, -0.1) is 0 Å². The van der Waals surface area contributed by atoms with Crippen molar-refractivity contribution in [1.29, 1.82) is 0 Å².